The molecule has 0 fully saturated rings. The fraction of sp³-hybridized carbons (Fsp3) is 0.167. The lowest BCUT2D eigenvalue weighted by molar-refractivity contribution is -0.143. The van der Waals surface area contributed by atoms with Crippen LogP contribution in [0.1, 0.15) is 11.1 Å². The predicted octanol–water partition coefficient (Wildman–Crippen LogP) is 8.94. The molecule has 4 aromatic carbocycles. The zero-order chi connectivity index (χ0) is 34.9. The number of halogens is 6. The Hall–Kier alpha value is -5.52. The molecule has 0 aliphatic carbocycles. The molecule has 0 N–H and O–H groups in total. The summed E-state index contributed by atoms with van der Waals surface area (Å²) in [7, 11) is 0. The minimum Gasteiger partial charge on any atom is -0.490 e. The summed E-state index contributed by atoms with van der Waals surface area (Å²) in [6, 6.07) is 19.4. The van der Waals surface area contributed by atoms with Crippen LogP contribution in [0.5, 0.6) is 11.5 Å². The second-order valence-electron chi connectivity index (χ2n) is 10.0. The molecular weight excluding hydrogens is 642 g/mol. The van der Waals surface area contributed by atoms with Gasteiger partial charge in [0.2, 0.25) is 0 Å². The Bertz CT molecular complexity index is 1730. The van der Waals surface area contributed by atoms with Crippen molar-refractivity contribution in [1.82, 2.24) is 0 Å². The molecule has 0 heterocycles. The second-order valence-corrected chi connectivity index (χ2v) is 10.0. The van der Waals surface area contributed by atoms with Crippen LogP contribution in [0.4, 0.5) is 26.3 Å². The van der Waals surface area contributed by atoms with Crippen molar-refractivity contribution < 1.29 is 54.9 Å². The number of benzene rings is 4. The van der Waals surface area contributed by atoms with Crippen LogP contribution in [-0.4, -0.2) is 38.4 Å². The molecule has 0 aliphatic heterocycles. The van der Waals surface area contributed by atoms with Gasteiger partial charge in [-0.15, -0.1) is 0 Å². The molecule has 0 atom stereocenters. The van der Waals surface area contributed by atoms with E-state index in [1.165, 1.54) is 6.07 Å². The van der Waals surface area contributed by atoms with E-state index in [0.29, 0.717) is 45.9 Å². The van der Waals surface area contributed by atoms with Gasteiger partial charge in [-0.05, 0) is 81.9 Å². The monoisotopic (exact) mass is 670 g/mol. The lowest BCUT2D eigenvalue weighted by Gasteiger charge is -2.18. The summed E-state index contributed by atoms with van der Waals surface area (Å²) in [6.45, 7) is 6.70. The van der Waals surface area contributed by atoms with Crippen LogP contribution in [0.25, 0.3) is 33.4 Å². The van der Waals surface area contributed by atoms with E-state index in [4.69, 9.17) is 18.9 Å². The Morgan fingerprint density at radius 1 is 0.521 bits per heavy atom. The summed E-state index contributed by atoms with van der Waals surface area (Å²) in [5, 5.41) is 0. The third-order valence-corrected chi connectivity index (χ3v) is 6.80. The molecule has 0 saturated carbocycles. The molecule has 12 heteroatoms. The van der Waals surface area contributed by atoms with E-state index in [2.05, 4.69) is 13.2 Å². The van der Waals surface area contributed by atoms with E-state index in [1.807, 2.05) is 0 Å². The molecule has 250 valence electrons. The quantitative estimate of drug-likeness (QED) is 0.0613. The molecule has 0 aliphatic rings. The molecule has 6 nitrogen and oxygen atoms in total. The van der Waals surface area contributed by atoms with E-state index in [0.717, 1.165) is 12.2 Å². The van der Waals surface area contributed by atoms with Gasteiger partial charge in [0, 0.05) is 12.2 Å². The van der Waals surface area contributed by atoms with Gasteiger partial charge in [-0.2, -0.15) is 26.3 Å². The molecule has 0 radical (unpaired) electrons. The van der Waals surface area contributed by atoms with Crippen LogP contribution in [0, 0.1) is 0 Å². The van der Waals surface area contributed by atoms with Crippen molar-refractivity contribution in [2.24, 2.45) is 0 Å². The van der Waals surface area contributed by atoms with Crippen LogP contribution in [-0.2, 0) is 31.4 Å². The van der Waals surface area contributed by atoms with Crippen LogP contribution in [0.3, 0.4) is 0 Å². The summed E-state index contributed by atoms with van der Waals surface area (Å²) in [4.78, 5) is 22.4. The zero-order valence-corrected chi connectivity index (χ0v) is 25.2. The molecule has 0 aromatic heterocycles. The Morgan fingerprint density at radius 3 is 1.40 bits per heavy atom. The number of alkyl halides is 6. The van der Waals surface area contributed by atoms with Gasteiger partial charge in [0.25, 0.3) is 0 Å². The van der Waals surface area contributed by atoms with E-state index in [1.54, 1.807) is 60.7 Å². The number of carbonyl (C=O) groups is 2. The maximum Gasteiger partial charge on any atom is 0.416 e. The first kappa shape index (κ1) is 35.3. The molecule has 48 heavy (non-hydrogen) atoms. The number of ether oxygens (including phenoxy) is 4. The lowest BCUT2D eigenvalue weighted by Crippen LogP contribution is -2.11. The zero-order valence-electron chi connectivity index (χ0n) is 25.2. The Kier molecular flexibility index (Phi) is 11.3. The predicted molar refractivity (Wildman–Crippen MR) is 166 cm³/mol. The van der Waals surface area contributed by atoms with Crippen LogP contribution >= 0.6 is 0 Å². The lowest BCUT2D eigenvalue weighted by atomic mass is 9.89. The van der Waals surface area contributed by atoms with E-state index >= 15 is 0 Å². The van der Waals surface area contributed by atoms with Crippen LogP contribution in [0.2, 0.25) is 0 Å². The summed E-state index contributed by atoms with van der Waals surface area (Å²) >= 11 is 0. The molecular formula is C36H28F6O6. The van der Waals surface area contributed by atoms with Gasteiger partial charge in [-0.1, -0.05) is 49.6 Å². The molecule has 0 saturated heterocycles. The minimum absolute atomic E-state index is 0.00954. The standard InChI is InChI=1S/C36H28F6O6/c1-3-33(43)47-17-15-45-29-10-5-23(6-11-29)25-9-14-31(26-19-27(35(37,38)39)22-28(20-26)36(40,41)42)32(21-25)24-7-12-30(13-8-24)46-16-18-48-34(44)4-2/h3-14,19-22H,1-2,15-18H2. The number of esters is 2. The third-order valence-electron chi connectivity index (χ3n) is 6.80. The maximum atomic E-state index is 13.7. The summed E-state index contributed by atoms with van der Waals surface area (Å²) in [6.07, 6.45) is -8.00. The van der Waals surface area contributed by atoms with Gasteiger partial charge >= 0.3 is 24.3 Å². The van der Waals surface area contributed by atoms with Gasteiger partial charge in [0.05, 0.1) is 11.1 Å². The van der Waals surface area contributed by atoms with Crippen molar-refractivity contribution in [2.75, 3.05) is 26.4 Å². The molecule has 0 spiro atoms. The van der Waals surface area contributed by atoms with Gasteiger partial charge in [0.1, 0.15) is 37.9 Å². The molecule has 0 unspecified atom stereocenters. The van der Waals surface area contributed by atoms with Gasteiger partial charge in [-0.25, -0.2) is 9.59 Å². The number of carbonyl (C=O) groups excluding carboxylic acids is 2. The first-order chi connectivity index (χ1) is 22.8. The molecule has 0 amide bonds. The normalized spacial score (nSPS) is 11.4. The summed E-state index contributed by atoms with van der Waals surface area (Å²) < 4.78 is 103. The van der Waals surface area contributed by atoms with Gasteiger partial charge in [0.15, 0.2) is 0 Å². The fourth-order valence-electron chi connectivity index (χ4n) is 4.52. The number of hydrogen-bond donors (Lipinski definition) is 0. The van der Waals surface area contributed by atoms with E-state index in [-0.39, 0.29) is 43.6 Å². The summed E-state index contributed by atoms with van der Waals surface area (Å²) in [5.41, 5.74) is -0.863. The fourth-order valence-corrected chi connectivity index (χ4v) is 4.52. The number of rotatable bonds is 13. The van der Waals surface area contributed by atoms with Crippen molar-refractivity contribution in [3.63, 3.8) is 0 Å². The van der Waals surface area contributed by atoms with E-state index < -0.39 is 35.4 Å². The average molecular weight is 671 g/mol. The van der Waals surface area contributed by atoms with Crippen molar-refractivity contribution in [1.29, 1.82) is 0 Å². The van der Waals surface area contributed by atoms with Gasteiger partial charge < -0.3 is 18.9 Å². The average Bonchev–Trinajstić information content (AvgIpc) is 3.07. The van der Waals surface area contributed by atoms with Crippen molar-refractivity contribution in [3.8, 4) is 44.9 Å². The summed E-state index contributed by atoms with van der Waals surface area (Å²) in [5.74, 6) is -0.330. The van der Waals surface area contributed by atoms with Crippen molar-refractivity contribution in [2.45, 2.75) is 12.4 Å². The van der Waals surface area contributed by atoms with Gasteiger partial charge in [-0.3, -0.25) is 0 Å². The van der Waals surface area contributed by atoms with Crippen LogP contribution < -0.4 is 9.47 Å². The highest BCUT2D eigenvalue weighted by Crippen LogP contribution is 2.42. The van der Waals surface area contributed by atoms with Crippen molar-refractivity contribution in [3.05, 3.63) is 121 Å². The molecule has 4 rings (SSSR count). The SMILES string of the molecule is C=CC(=O)OCCOc1ccc(-c2ccc(-c3cc(C(F)(F)F)cc(C(F)(F)F)c3)c(-c3ccc(OCCOC(=O)C=C)cc3)c2)cc1. The highest BCUT2D eigenvalue weighted by atomic mass is 19.4. The maximum absolute atomic E-state index is 13.7. The largest absolute Gasteiger partial charge is 0.490 e. The van der Waals surface area contributed by atoms with Crippen molar-refractivity contribution >= 4 is 11.9 Å². The first-order valence-electron chi connectivity index (χ1n) is 14.3. The molecule has 0 bridgehead atoms. The van der Waals surface area contributed by atoms with Crippen LogP contribution in [0.15, 0.2) is 110 Å². The minimum atomic E-state index is -5.02. The van der Waals surface area contributed by atoms with E-state index in [9.17, 15) is 35.9 Å². The topological polar surface area (TPSA) is 71.1 Å². The number of hydrogen-bond acceptors (Lipinski definition) is 6. The second kappa shape index (κ2) is 15.4. The highest BCUT2D eigenvalue weighted by molar-refractivity contribution is 5.88. The third kappa shape index (κ3) is 9.50. The Labute approximate surface area is 271 Å². The molecule has 4 aromatic rings. The highest BCUT2D eigenvalue weighted by Gasteiger charge is 2.37. The Morgan fingerprint density at radius 2 is 0.958 bits per heavy atom. The Balaban J connectivity index is 1.70. The smallest absolute Gasteiger partial charge is 0.416 e. The first-order valence-corrected chi connectivity index (χ1v) is 14.3.